The molecule has 4 rings (SSSR count). The lowest BCUT2D eigenvalue weighted by atomic mass is 10.1. The minimum atomic E-state index is 0.123. The molecule has 0 bridgehead atoms. The van der Waals surface area contributed by atoms with Crippen LogP contribution in [-0.2, 0) is 6.54 Å². The summed E-state index contributed by atoms with van der Waals surface area (Å²) in [5.74, 6) is 0.371. The third-order valence-electron chi connectivity index (χ3n) is 4.81. The van der Waals surface area contributed by atoms with E-state index in [4.69, 9.17) is 0 Å². The lowest BCUT2D eigenvalue weighted by Gasteiger charge is -2.15. The largest absolute Gasteiger partial charge is 0.508 e. The Morgan fingerprint density at radius 3 is 2.35 bits per heavy atom. The van der Waals surface area contributed by atoms with Crippen molar-refractivity contribution in [2.75, 3.05) is 13.1 Å². The summed E-state index contributed by atoms with van der Waals surface area (Å²) >= 11 is 0. The first-order valence-corrected chi connectivity index (χ1v) is 8.90. The number of amides is 1. The van der Waals surface area contributed by atoms with Gasteiger partial charge in [0.05, 0.1) is 12.2 Å². The van der Waals surface area contributed by atoms with Crippen LogP contribution in [-0.4, -0.2) is 38.8 Å². The van der Waals surface area contributed by atoms with Crippen LogP contribution in [0.25, 0.3) is 11.3 Å². The molecule has 1 aliphatic rings. The number of hydrogen-bond acceptors (Lipinski definition) is 3. The molecule has 26 heavy (non-hydrogen) atoms. The lowest BCUT2D eigenvalue weighted by Crippen LogP contribution is -2.27. The van der Waals surface area contributed by atoms with Crippen molar-refractivity contribution in [1.82, 2.24) is 14.7 Å². The Hall–Kier alpha value is -3.08. The maximum Gasteiger partial charge on any atom is 0.253 e. The Morgan fingerprint density at radius 2 is 1.65 bits per heavy atom. The van der Waals surface area contributed by atoms with Gasteiger partial charge in [-0.25, -0.2) is 0 Å². The van der Waals surface area contributed by atoms with E-state index in [1.165, 1.54) is 0 Å². The first-order valence-electron chi connectivity index (χ1n) is 8.90. The molecule has 0 aliphatic carbocycles. The molecule has 5 nitrogen and oxygen atoms in total. The Balaban J connectivity index is 1.51. The summed E-state index contributed by atoms with van der Waals surface area (Å²) in [5, 5.41) is 13.9. The van der Waals surface area contributed by atoms with Crippen LogP contribution >= 0.6 is 0 Å². The summed E-state index contributed by atoms with van der Waals surface area (Å²) in [6, 6.07) is 16.8. The van der Waals surface area contributed by atoms with E-state index in [-0.39, 0.29) is 11.7 Å². The summed E-state index contributed by atoms with van der Waals surface area (Å²) in [6.45, 7) is 2.36. The van der Waals surface area contributed by atoms with E-state index in [2.05, 4.69) is 5.10 Å². The maximum absolute atomic E-state index is 12.4. The minimum Gasteiger partial charge on any atom is -0.508 e. The van der Waals surface area contributed by atoms with Gasteiger partial charge in [0.25, 0.3) is 5.91 Å². The number of nitrogens with zero attached hydrogens (tertiary/aromatic N) is 3. The van der Waals surface area contributed by atoms with Gasteiger partial charge >= 0.3 is 0 Å². The van der Waals surface area contributed by atoms with Gasteiger partial charge in [0.15, 0.2) is 0 Å². The molecule has 0 radical (unpaired) electrons. The topological polar surface area (TPSA) is 58.4 Å². The summed E-state index contributed by atoms with van der Waals surface area (Å²) in [4.78, 5) is 14.4. The van der Waals surface area contributed by atoms with Crippen LogP contribution in [0.2, 0.25) is 0 Å². The summed E-state index contributed by atoms with van der Waals surface area (Å²) < 4.78 is 1.92. The number of rotatable bonds is 4. The van der Waals surface area contributed by atoms with Crippen molar-refractivity contribution >= 4 is 5.91 Å². The van der Waals surface area contributed by atoms with Gasteiger partial charge in [0, 0.05) is 30.4 Å². The van der Waals surface area contributed by atoms with Gasteiger partial charge in [-0.3, -0.25) is 9.48 Å². The molecule has 132 valence electrons. The van der Waals surface area contributed by atoms with E-state index in [1.807, 2.05) is 52.0 Å². The van der Waals surface area contributed by atoms with Gasteiger partial charge in [-0.1, -0.05) is 12.1 Å². The van der Waals surface area contributed by atoms with Crippen LogP contribution in [0.3, 0.4) is 0 Å². The quantitative estimate of drug-likeness (QED) is 0.785. The highest BCUT2D eigenvalue weighted by molar-refractivity contribution is 5.94. The molecular formula is C21H21N3O2. The predicted octanol–water partition coefficient (Wildman–Crippen LogP) is 3.54. The molecule has 1 aliphatic heterocycles. The van der Waals surface area contributed by atoms with Crippen molar-refractivity contribution in [1.29, 1.82) is 0 Å². The fourth-order valence-corrected chi connectivity index (χ4v) is 3.36. The van der Waals surface area contributed by atoms with Gasteiger partial charge in [-0.15, -0.1) is 0 Å². The normalized spacial score (nSPS) is 13.9. The number of phenols is 1. The van der Waals surface area contributed by atoms with Crippen molar-refractivity contribution in [3.63, 3.8) is 0 Å². The molecule has 2 heterocycles. The van der Waals surface area contributed by atoms with Crippen LogP contribution in [0.5, 0.6) is 5.75 Å². The standard InChI is InChI=1S/C21H21N3O2/c25-19-9-7-17(8-10-19)20-11-12-22-24(20)15-16-3-5-18(6-4-16)21(26)23-13-1-2-14-23/h3-12,25H,1-2,13-15H2. The zero-order valence-corrected chi connectivity index (χ0v) is 14.5. The zero-order valence-electron chi connectivity index (χ0n) is 14.5. The SMILES string of the molecule is O=C(c1ccc(Cn2nccc2-c2ccc(O)cc2)cc1)N1CCCC1. The van der Waals surface area contributed by atoms with Crippen LogP contribution < -0.4 is 0 Å². The maximum atomic E-state index is 12.4. The number of likely N-dealkylation sites (tertiary alicyclic amines) is 1. The minimum absolute atomic E-state index is 0.123. The average Bonchev–Trinajstić information content (AvgIpc) is 3.35. The first-order chi connectivity index (χ1) is 12.7. The summed E-state index contributed by atoms with van der Waals surface area (Å²) in [5.41, 5.74) is 3.82. The summed E-state index contributed by atoms with van der Waals surface area (Å²) in [7, 11) is 0. The van der Waals surface area contributed by atoms with Gasteiger partial charge in [-0.2, -0.15) is 5.10 Å². The smallest absolute Gasteiger partial charge is 0.253 e. The van der Waals surface area contributed by atoms with Crippen LogP contribution in [0, 0.1) is 0 Å². The fourth-order valence-electron chi connectivity index (χ4n) is 3.36. The summed E-state index contributed by atoms with van der Waals surface area (Å²) in [6.07, 6.45) is 3.97. The molecule has 0 unspecified atom stereocenters. The second kappa shape index (κ2) is 7.04. The predicted molar refractivity (Wildman–Crippen MR) is 100 cm³/mol. The average molecular weight is 347 g/mol. The molecule has 1 aromatic heterocycles. The van der Waals surface area contributed by atoms with E-state index < -0.39 is 0 Å². The monoisotopic (exact) mass is 347 g/mol. The highest BCUT2D eigenvalue weighted by atomic mass is 16.3. The van der Waals surface area contributed by atoms with Crippen molar-refractivity contribution in [2.45, 2.75) is 19.4 Å². The molecule has 1 saturated heterocycles. The molecule has 3 aromatic rings. The first kappa shape index (κ1) is 16.4. The van der Waals surface area contributed by atoms with Crippen molar-refractivity contribution in [3.8, 4) is 17.0 Å². The van der Waals surface area contributed by atoms with E-state index in [9.17, 15) is 9.90 Å². The lowest BCUT2D eigenvalue weighted by molar-refractivity contribution is 0.0793. The molecule has 0 atom stereocenters. The van der Waals surface area contributed by atoms with E-state index in [0.717, 1.165) is 48.3 Å². The molecule has 0 spiro atoms. The van der Waals surface area contributed by atoms with Gasteiger partial charge in [0.1, 0.15) is 5.75 Å². The number of aromatic nitrogens is 2. The third kappa shape index (κ3) is 3.33. The molecule has 1 amide bonds. The van der Waals surface area contributed by atoms with Crippen molar-refractivity contribution in [3.05, 3.63) is 71.9 Å². The number of phenolic OH excluding ortho intramolecular Hbond substituents is 1. The van der Waals surface area contributed by atoms with Gasteiger partial charge in [-0.05, 0) is 60.9 Å². The second-order valence-electron chi connectivity index (χ2n) is 6.62. The third-order valence-corrected chi connectivity index (χ3v) is 4.81. The number of carbonyl (C=O) groups is 1. The molecule has 1 fully saturated rings. The van der Waals surface area contributed by atoms with Crippen molar-refractivity contribution < 1.29 is 9.90 Å². The Bertz CT molecular complexity index is 892. The molecule has 0 saturated carbocycles. The molecule has 5 heteroatoms. The fraction of sp³-hybridized carbons (Fsp3) is 0.238. The zero-order chi connectivity index (χ0) is 17.9. The van der Waals surface area contributed by atoms with Crippen LogP contribution in [0.15, 0.2) is 60.8 Å². The molecular weight excluding hydrogens is 326 g/mol. The van der Waals surface area contributed by atoms with E-state index in [0.29, 0.717) is 6.54 Å². The number of hydrogen-bond donors (Lipinski definition) is 1. The number of carbonyl (C=O) groups excluding carboxylic acids is 1. The van der Waals surface area contributed by atoms with Crippen molar-refractivity contribution in [2.24, 2.45) is 0 Å². The van der Waals surface area contributed by atoms with Crippen LogP contribution in [0.4, 0.5) is 0 Å². The Labute approximate surface area is 152 Å². The molecule has 1 N–H and O–H groups in total. The molecule has 2 aromatic carbocycles. The second-order valence-corrected chi connectivity index (χ2v) is 6.62. The van der Waals surface area contributed by atoms with E-state index >= 15 is 0 Å². The van der Waals surface area contributed by atoms with Crippen LogP contribution in [0.1, 0.15) is 28.8 Å². The Kier molecular flexibility index (Phi) is 4.44. The Morgan fingerprint density at radius 1 is 0.962 bits per heavy atom. The number of aromatic hydroxyl groups is 1. The van der Waals surface area contributed by atoms with Gasteiger partial charge < -0.3 is 10.0 Å². The number of benzene rings is 2. The highest BCUT2D eigenvalue weighted by Crippen LogP contribution is 2.22. The van der Waals surface area contributed by atoms with Gasteiger partial charge in [0.2, 0.25) is 0 Å². The highest BCUT2D eigenvalue weighted by Gasteiger charge is 2.19. The van der Waals surface area contributed by atoms with E-state index in [1.54, 1.807) is 18.3 Å².